The summed E-state index contributed by atoms with van der Waals surface area (Å²) in [5.41, 5.74) is 2.02. The van der Waals surface area contributed by atoms with Gasteiger partial charge in [0.05, 0.1) is 11.6 Å². The number of benzene rings is 2. The highest BCUT2D eigenvalue weighted by atomic mass is 79.9. The van der Waals surface area contributed by atoms with Gasteiger partial charge in [0.15, 0.2) is 0 Å². The van der Waals surface area contributed by atoms with Crippen molar-refractivity contribution in [1.82, 2.24) is 5.43 Å². The van der Waals surface area contributed by atoms with Gasteiger partial charge in [-0.15, -0.1) is 0 Å². The number of hydrogen-bond acceptors (Lipinski definition) is 2. The summed E-state index contributed by atoms with van der Waals surface area (Å²) in [6.07, 6.45) is -4.75. The Kier molecular flexibility index (Phi) is 4.65. The third-order valence-corrected chi connectivity index (χ3v) is 3.47. The number of rotatable bonds is 3. The third-order valence-electron chi connectivity index (χ3n) is 2.98. The molecule has 0 aliphatic rings. The van der Waals surface area contributed by atoms with Crippen molar-refractivity contribution in [2.24, 2.45) is 5.84 Å². The highest BCUT2D eigenvalue weighted by molar-refractivity contribution is 9.10. The molecule has 0 aliphatic heterocycles. The van der Waals surface area contributed by atoms with Crippen LogP contribution in [0.3, 0.4) is 0 Å². The highest BCUT2D eigenvalue weighted by Crippen LogP contribution is 2.34. The van der Waals surface area contributed by atoms with Crippen LogP contribution < -0.4 is 11.3 Å². The standard InChI is InChI=1S/C14H11BrF4N2/c15-10-3-1-2-8(6-10)13(21-20)9-4-5-12(16)11(7-9)14(17,18)19/h1-7,13,21H,20H2. The predicted molar refractivity (Wildman–Crippen MR) is 74.7 cm³/mol. The van der Waals surface area contributed by atoms with Crippen LogP contribution in [-0.4, -0.2) is 0 Å². The SMILES string of the molecule is NNC(c1cccc(Br)c1)c1ccc(F)c(C(F)(F)F)c1. The quantitative estimate of drug-likeness (QED) is 0.488. The zero-order chi connectivity index (χ0) is 15.6. The van der Waals surface area contributed by atoms with Crippen molar-refractivity contribution in [2.45, 2.75) is 12.2 Å². The maximum Gasteiger partial charge on any atom is 0.419 e. The molecule has 0 fully saturated rings. The van der Waals surface area contributed by atoms with E-state index < -0.39 is 23.6 Å². The van der Waals surface area contributed by atoms with Crippen molar-refractivity contribution in [1.29, 1.82) is 0 Å². The molecule has 1 unspecified atom stereocenters. The van der Waals surface area contributed by atoms with Gasteiger partial charge in [-0.3, -0.25) is 5.84 Å². The van der Waals surface area contributed by atoms with Crippen LogP contribution in [0.2, 0.25) is 0 Å². The Morgan fingerprint density at radius 2 is 1.71 bits per heavy atom. The number of halogens is 5. The number of hydrazine groups is 1. The molecule has 3 N–H and O–H groups in total. The topological polar surface area (TPSA) is 38.0 Å². The van der Waals surface area contributed by atoms with E-state index in [1.54, 1.807) is 24.3 Å². The van der Waals surface area contributed by atoms with Gasteiger partial charge in [0, 0.05) is 4.47 Å². The highest BCUT2D eigenvalue weighted by Gasteiger charge is 2.34. The minimum atomic E-state index is -4.75. The summed E-state index contributed by atoms with van der Waals surface area (Å²) in [7, 11) is 0. The first-order valence-corrected chi connectivity index (χ1v) is 6.70. The molecule has 2 rings (SSSR count). The van der Waals surface area contributed by atoms with Crippen molar-refractivity contribution in [3.63, 3.8) is 0 Å². The van der Waals surface area contributed by atoms with Crippen LogP contribution in [0.1, 0.15) is 22.7 Å². The van der Waals surface area contributed by atoms with Crippen LogP contribution >= 0.6 is 15.9 Å². The summed E-state index contributed by atoms with van der Waals surface area (Å²) >= 11 is 3.28. The second-order valence-corrected chi connectivity index (χ2v) is 5.31. The van der Waals surface area contributed by atoms with E-state index >= 15 is 0 Å². The number of alkyl halides is 3. The van der Waals surface area contributed by atoms with Crippen molar-refractivity contribution >= 4 is 15.9 Å². The molecule has 0 bridgehead atoms. The maximum absolute atomic E-state index is 13.3. The van der Waals surface area contributed by atoms with E-state index in [9.17, 15) is 17.6 Å². The molecule has 0 radical (unpaired) electrons. The average molecular weight is 363 g/mol. The van der Waals surface area contributed by atoms with Gasteiger partial charge in [0.2, 0.25) is 0 Å². The van der Waals surface area contributed by atoms with Gasteiger partial charge in [0.25, 0.3) is 0 Å². The zero-order valence-electron chi connectivity index (χ0n) is 10.6. The van der Waals surface area contributed by atoms with E-state index in [1.807, 2.05) is 0 Å². The molecule has 0 saturated carbocycles. The van der Waals surface area contributed by atoms with Crippen molar-refractivity contribution in [2.75, 3.05) is 0 Å². The molecule has 0 saturated heterocycles. The molecule has 2 aromatic carbocycles. The lowest BCUT2D eigenvalue weighted by Gasteiger charge is -2.19. The molecule has 0 aromatic heterocycles. The summed E-state index contributed by atoms with van der Waals surface area (Å²) in [6.45, 7) is 0. The fourth-order valence-electron chi connectivity index (χ4n) is 2.01. The molecule has 2 aromatic rings. The van der Waals surface area contributed by atoms with Crippen LogP contribution in [0.25, 0.3) is 0 Å². The molecule has 21 heavy (non-hydrogen) atoms. The summed E-state index contributed by atoms with van der Waals surface area (Å²) in [5, 5.41) is 0. The van der Waals surface area contributed by atoms with Crippen molar-refractivity contribution < 1.29 is 17.6 Å². The van der Waals surface area contributed by atoms with Gasteiger partial charge in [0.1, 0.15) is 5.82 Å². The molecule has 2 nitrogen and oxygen atoms in total. The molecule has 112 valence electrons. The van der Waals surface area contributed by atoms with Gasteiger partial charge in [-0.05, 0) is 35.4 Å². The van der Waals surface area contributed by atoms with Crippen molar-refractivity contribution in [3.8, 4) is 0 Å². The third kappa shape index (κ3) is 3.61. The molecule has 0 aliphatic carbocycles. The van der Waals surface area contributed by atoms with E-state index in [1.165, 1.54) is 6.07 Å². The molecule has 0 spiro atoms. The first-order chi connectivity index (χ1) is 9.82. The minimum Gasteiger partial charge on any atom is -0.271 e. The normalized spacial score (nSPS) is 13.2. The van der Waals surface area contributed by atoms with Gasteiger partial charge in [-0.1, -0.05) is 34.1 Å². The molecule has 1 atom stereocenters. The van der Waals surface area contributed by atoms with E-state index in [-0.39, 0.29) is 5.56 Å². The molecule has 0 heterocycles. The predicted octanol–water partition coefficient (Wildman–Crippen LogP) is 4.16. The summed E-state index contributed by atoms with van der Waals surface area (Å²) in [4.78, 5) is 0. The largest absolute Gasteiger partial charge is 0.419 e. The monoisotopic (exact) mass is 362 g/mol. The Bertz CT molecular complexity index is 643. The lowest BCUT2D eigenvalue weighted by molar-refractivity contribution is -0.140. The van der Waals surface area contributed by atoms with Crippen LogP contribution in [0.5, 0.6) is 0 Å². The summed E-state index contributed by atoms with van der Waals surface area (Å²) < 4.78 is 52.4. The van der Waals surface area contributed by atoms with E-state index in [0.29, 0.717) is 5.56 Å². The second kappa shape index (κ2) is 6.13. The van der Waals surface area contributed by atoms with E-state index in [4.69, 9.17) is 5.84 Å². The second-order valence-electron chi connectivity index (χ2n) is 4.39. The summed E-state index contributed by atoms with van der Waals surface area (Å²) in [5.74, 6) is 4.13. The average Bonchev–Trinajstić information content (AvgIpc) is 2.40. The number of hydrogen-bond donors (Lipinski definition) is 2. The first kappa shape index (κ1) is 15.9. The Morgan fingerprint density at radius 3 is 2.29 bits per heavy atom. The molecule has 7 heteroatoms. The molecular formula is C14H11BrF4N2. The molecule has 0 amide bonds. The van der Waals surface area contributed by atoms with Gasteiger partial charge in [-0.25, -0.2) is 9.82 Å². The Labute approximate surface area is 127 Å². The lowest BCUT2D eigenvalue weighted by atomic mass is 9.97. The van der Waals surface area contributed by atoms with Crippen LogP contribution in [-0.2, 0) is 6.18 Å². The molecular weight excluding hydrogens is 352 g/mol. The fourth-order valence-corrected chi connectivity index (χ4v) is 2.43. The Balaban J connectivity index is 2.49. The van der Waals surface area contributed by atoms with Crippen LogP contribution in [0.4, 0.5) is 17.6 Å². The first-order valence-electron chi connectivity index (χ1n) is 5.91. The Hall–Kier alpha value is -1.44. The van der Waals surface area contributed by atoms with E-state index in [0.717, 1.165) is 16.6 Å². The van der Waals surface area contributed by atoms with Crippen LogP contribution in [0.15, 0.2) is 46.9 Å². The van der Waals surface area contributed by atoms with Gasteiger partial charge < -0.3 is 0 Å². The number of nitrogens with one attached hydrogen (secondary N) is 1. The van der Waals surface area contributed by atoms with Gasteiger partial charge in [-0.2, -0.15) is 13.2 Å². The Morgan fingerprint density at radius 1 is 1.05 bits per heavy atom. The van der Waals surface area contributed by atoms with E-state index in [2.05, 4.69) is 21.4 Å². The smallest absolute Gasteiger partial charge is 0.271 e. The minimum absolute atomic E-state index is 0.226. The maximum atomic E-state index is 13.3. The van der Waals surface area contributed by atoms with Gasteiger partial charge >= 0.3 is 6.18 Å². The van der Waals surface area contributed by atoms with Crippen LogP contribution in [0, 0.1) is 5.82 Å². The van der Waals surface area contributed by atoms with Crippen molar-refractivity contribution in [3.05, 3.63) is 69.4 Å². The fraction of sp³-hybridized carbons (Fsp3) is 0.143. The zero-order valence-corrected chi connectivity index (χ0v) is 12.2. The summed E-state index contributed by atoms with van der Waals surface area (Å²) in [6, 6.07) is 9.11. The number of nitrogens with two attached hydrogens (primary N) is 1. The lowest BCUT2D eigenvalue weighted by Crippen LogP contribution is -2.29.